The van der Waals surface area contributed by atoms with Crippen molar-refractivity contribution in [3.63, 3.8) is 0 Å². The van der Waals surface area contributed by atoms with Crippen LogP contribution in [0.25, 0.3) is 0 Å². The van der Waals surface area contributed by atoms with Gasteiger partial charge in [-0.15, -0.1) is 0 Å². The number of piperazine rings is 1. The van der Waals surface area contributed by atoms with Crippen LogP contribution in [0.15, 0.2) is 47.5 Å². The van der Waals surface area contributed by atoms with Gasteiger partial charge in [-0.2, -0.15) is 4.31 Å². The molecule has 1 aliphatic heterocycles. The van der Waals surface area contributed by atoms with Crippen molar-refractivity contribution in [3.8, 4) is 0 Å². The molecule has 3 rings (SSSR count). The summed E-state index contributed by atoms with van der Waals surface area (Å²) in [5.74, 6) is -0.698. The molecule has 7 heteroatoms. The van der Waals surface area contributed by atoms with Crippen LogP contribution in [0.4, 0.5) is 4.39 Å². The molecule has 128 valence electrons. The van der Waals surface area contributed by atoms with Crippen LogP contribution in [0, 0.1) is 12.7 Å². The minimum absolute atomic E-state index is 0.235. The van der Waals surface area contributed by atoms with E-state index in [-0.39, 0.29) is 4.90 Å². The van der Waals surface area contributed by atoms with E-state index >= 15 is 0 Å². The number of benzene rings is 1. The van der Waals surface area contributed by atoms with Crippen LogP contribution in [0.5, 0.6) is 0 Å². The monoisotopic (exact) mass is 349 g/mol. The van der Waals surface area contributed by atoms with Gasteiger partial charge >= 0.3 is 0 Å². The number of hydrogen-bond acceptors (Lipinski definition) is 4. The average molecular weight is 349 g/mol. The van der Waals surface area contributed by atoms with Gasteiger partial charge in [-0.3, -0.25) is 9.88 Å². The van der Waals surface area contributed by atoms with Crippen molar-refractivity contribution in [2.45, 2.75) is 18.4 Å². The number of aromatic nitrogens is 1. The van der Waals surface area contributed by atoms with Crippen LogP contribution in [-0.4, -0.2) is 48.8 Å². The summed E-state index contributed by atoms with van der Waals surface area (Å²) in [6.45, 7) is 4.34. The summed E-state index contributed by atoms with van der Waals surface area (Å²) >= 11 is 0. The predicted molar refractivity (Wildman–Crippen MR) is 89.4 cm³/mol. The smallest absolute Gasteiger partial charge is 0.246 e. The Morgan fingerprint density at radius 2 is 1.88 bits per heavy atom. The molecule has 2 aromatic rings. The van der Waals surface area contributed by atoms with Gasteiger partial charge in [-0.1, -0.05) is 12.1 Å². The third kappa shape index (κ3) is 3.63. The molecule has 0 N–H and O–H groups in total. The van der Waals surface area contributed by atoms with Gasteiger partial charge in [-0.05, 0) is 36.8 Å². The van der Waals surface area contributed by atoms with E-state index in [0.29, 0.717) is 32.7 Å². The fourth-order valence-electron chi connectivity index (χ4n) is 2.80. The number of pyridine rings is 1. The highest BCUT2D eigenvalue weighted by molar-refractivity contribution is 7.89. The Morgan fingerprint density at radius 3 is 2.54 bits per heavy atom. The van der Waals surface area contributed by atoms with Gasteiger partial charge in [0.1, 0.15) is 10.7 Å². The first-order valence-corrected chi connectivity index (χ1v) is 9.29. The highest BCUT2D eigenvalue weighted by Gasteiger charge is 2.30. The second-order valence-electron chi connectivity index (χ2n) is 5.94. The molecule has 1 aromatic carbocycles. The fraction of sp³-hybridized carbons (Fsp3) is 0.353. The molecule has 1 aromatic heterocycles. The van der Waals surface area contributed by atoms with Crippen molar-refractivity contribution in [2.24, 2.45) is 0 Å². The number of hydrogen-bond donors (Lipinski definition) is 0. The largest absolute Gasteiger partial charge is 0.295 e. The van der Waals surface area contributed by atoms with Gasteiger partial charge in [-0.25, -0.2) is 12.8 Å². The Kier molecular flexibility index (Phi) is 4.93. The summed E-state index contributed by atoms with van der Waals surface area (Å²) in [5, 5.41) is 0. The van der Waals surface area contributed by atoms with E-state index in [2.05, 4.69) is 9.88 Å². The predicted octanol–water partition coefficient (Wildman–Crippen LogP) is 2.04. The quantitative estimate of drug-likeness (QED) is 0.848. The normalized spacial score (nSPS) is 17.1. The second-order valence-corrected chi connectivity index (χ2v) is 7.84. The van der Waals surface area contributed by atoms with E-state index in [0.717, 1.165) is 11.3 Å². The van der Waals surface area contributed by atoms with E-state index < -0.39 is 15.8 Å². The molecule has 0 amide bonds. The molecular weight excluding hydrogens is 329 g/mol. The van der Waals surface area contributed by atoms with Crippen molar-refractivity contribution >= 4 is 10.0 Å². The lowest BCUT2D eigenvalue weighted by Gasteiger charge is -2.33. The Bertz CT molecular complexity index is 804. The highest BCUT2D eigenvalue weighted by atomic mass is 32.2. The zero-order valence-electron chi connectivity index (χ0n) is 13.5. The molecule has 0 spiro atoms. The summed E-state index contributed by atoms with van der Waals surface area (Å²) in [6, 6.07) is 9.92. The molecule has 0 saturated carbocycles. The van der Waals surface area contributed by atoms with Crippen LogP contribution in [0.3, 0.4) is 0 Å². The van der Waals surface area contributed by atoms with Gasteiger partial charge < -0.3 is 0 Å². The molecule has 0 radical (unpaired) electrons. The zero-order valence-corrected chi connectivity index (χ0v) is 14.3. The van der Waals surface area contributed by atoms with Crippen LogP contribution in [0.2, 0.25) is 0 Å². The Hall–Kier alpha value is -1.83. The SMILES string of the molecule is Cc1ccc(F)c(S(=O)(=O)N2CCN(Cc3ccccn3)CC2)c1. The van der Waals surface area contributed by atoms with Crippen LogP contribution < -0.4 is 0 Å². The maximum Gasteiger partial charge on any atom is 0.246 e. The summed E-state index contributed by atoms with van der Waals surface area (Å²) in [7, 11) is -3.80. The molecule has 0 bridgehead atoms. The van der Waals surface area contributed by atoms with Crippen LogP contribution in [0.1, 0.15) is 11.3 Å². The average Bonchev–Trinajstić information content (AvgIpc) is 2.58. The molecule has 1 saturated heterocycles. The van der Waals surface area contributed by atoms with E-state index in [1.165, 1.54) is 16.4 Å². The summed E-state index contributed by atoms with van der Waals surface area (Å²) in [5.41, 5.74) is 1.68. The second kappa shape index (κ2) is 6.96. The van der Waals surface area contributed by atoms with E-state index in [1.54, 1.807) is 19.2 Å². The zero-order chi connectivity index (χ0) is 17.2. The number of sulfonamides is 1. The number of aryl methyl sites for hydroxylation is 1. The van der Waals surface area contributed by atoms with Gasteiger partial charge in [0.25, 0.3) is 0 Å². The van der Waals surface area contributed by atoms with E-state index in [1.807, 2.05) is 18.2 Å². The van der Waals surface area contributed by atoms with E-state index in [9.17, 15) is 12.8 Å². The lowest BCUT2D eigenvalue weighted by Crippen LogP contribution is -2.48. The molecule has 0 atom stereocenters. The summed E-state index contributed by atoms with van der Waals surface area (Å²) in [4.78, 5) is 6.20. The van der Waals surface area contributed by atoms with Gasteiger partial charge in [0, 0.05) is 38.9 Å². The van der Waals surface area contributed by atoms with Gasteiger partial charge in [0.15, 0.2) is 0 Å². The van der Waals surface area contributed by atoms with Crippen molar-refractivity contribution in [1.29, 1.82) is 0 Å². The fourth-order valence-corrected chi connectivity index (χ4v) is 4.37. The first-order valence-electron chi connectivity index (χ1n) is 7.85. The summed E-state index contributed by atoms with van der Waals surface area (Å²) < 4.78 is 40.7. The van der Waals surface area contributed by atoms with Crippen LogP contribution >= 0.6 is 0 Å². The Balaban J connectivity index is 1.68. The van der Waals surface area contributed by atoms with Gasteiger partial charge in [0.2, 0.25) is 10.0 Å². The molecule has 0 unspecified atom stereocenters. The molecule has 5 nitrogen and oxygen atoms in total. The van der Waals surface area contributed by atoms with E-state index in [4.69, 9.17) is 0 Å². The third-order valence-corrected chi connectivity index (χ3v) is 6.06. The number of halogens is 1. The summed E-state index contributed by atoms with van der Waals surface area (Å²) in [6.07, 6.45) is 1.75. The lowest BCUT2D eigenvalue weighted by molar-refractivity contribution is 0.179. The minimum Gasteiger partial charge on any atom is -0.295 e. The van der Waals surface area contributed by atoms with Crippen LogP contribution in [-0.2, 0) is 16.6 Å². The lowest BCUT2D eigenvalue weighted by atomic mass is 10.2. The highest BCUT2D eigenvalue weighted by Crippen LogP contribution is 2.22. The molecule has 1 aliphatic rings. The van der Waals surface area contributed by atoms with Crippen molar-refractivity contribution in [2.75, 3.05) is 26.2 Å². The molecule has 1 fully saturated rings. The third-order valence-electron chi connectivity index (χ3n) is 4.15. The minimum atomic E-state index is -3.80. The Labute approximate surface area is 141 Å². The molecule has 2 heterocycles. The Morgan fingerprint density at radius 1 is 1.12 bits per heavy atom. The van der Waals surface area contributed by atoms with Crippen molar-refractivity contribution in [3.05, 3.63) is 59.7 Å². The molecular formula is C17H20FN3O2S. The van der Waals surface area contributed by atoms with Crippen molar-refractivity contribution in [1.82, 2.24) is 14.2 Å². The standard InChI is InChI=1S/C17H20FN3O2S/c1-14-5-6-16(18)17(12-14)24(22,23)21-10-8-20(9-11-21)13-15-4-2-3-7-19-15/h2-7,12H,8-11,13H2,1H3. The molecule has 24 heavy (non-hydrogen) atoms. The maximum absolute atomic E-state index is 14.0. The number of nitrogens with zero attached hydrogens (tertiary/aromatic N) is 3. The first-order chi connectivity index (χ1) is 11.5. The maximum atomic E-state index is 14.0. The number of rotatable bonds is 4. The first kappa shape index (κ1) is 17.0. The molecule has 0 aliphatic carbocycles. The van der Waals surface area contributed by atoms with Crippen molar-refractivity contribution < 1.29 is 12.8 Å². The van der Waals surface area contributed by atoms with Gasteiger partial charge in [0.05, 0.1) is 5.69 Å². The topological polar surface area (TPSA) is 53.5 Å².